The Balaban J connectivity index is 1.85. The number of hydrogen-bond donors (Lipinski definition) is 1. The highest BCUT2D eigenvalue weighted by atomic mass is 35.5. The van der Waals surface area contributed by atoms with E-state index in [0.717, 1.165) is 17.3 Å². The van der Waals surface area contributed by atoms with Crippen LogP contribution >= 0.6 is 11.6 Å². The third-order valence-corrected chi connectivity index (χ3v) is 4.49. The lowest BCUT2D eigenvalue weighted by molar-refractivity contribution is 0.188. The van der Waals surface area contributed by atoms with Crippen LogP contribution in [0.4, 0.5) is 0 Å². The van der Waals surface area contributed by atoms with Crippen LogP contribution in [0.2, 0.25) is 5.02 Å². The normalized spacial score (nSPS) is 21.4. The summed E-state index contributed by atoms with van der Waals surface area (Å²) in [7, 11) is 0. The molecule has 0 aromatic heterocycles. The van der Waals surface area contributed by atoms with E-state index in [1.165, 1.54) is 13.0 Å². The van der Waals surface area contributed by atoms with Gasteiger partial charge in [-0.3, -0.25) is 0 Å². The van der Waals surface area contributed by atoms with E-state index < -0.39 is 0 Å². The fraction of sp³-hybridized carbons (Fsp3) is 0.625. The number of halogens is 1. The zero-order valence-corrected chi connectivity index (χ0v) is 13.1. The van der Waals surface area contributed by atoms with Crippen LogP contribution in [0.25, 0.3) is 0 Å². The molecule has 112 valence electrons. The molecule has 1 fully saturated rings. The molecular weight excluding hydrogens is 272 g/mol. The molecule has 2 atom stereocenters. The molecule has 0 aliphatic carbocycles. The molecule has 2 unspecified atom stereocenters. The molecule has 0 amide bonds. The van der Waals surface area contributed by atoms with Crippen molar-refractivity contribution in [3.63, 3.8) is 0 Å². The van der Waals surface area contributed by atoms with E-state index in [1.54, 1.807) is 0 Å². The molecule has 20 heavy (non-hydrogen) atoms. The van der Waals surface area contributed by atoms with Gasteiger partial charge in [-0.25, -0.2) is 0 Å². The third-order valence-electron chi connectivity index (χ3n) is 4.23. The van der Waals surface area contributed by atoms with Gasteiger partial charge in [0.25, 0.3) is 0 Å². The second-order valence-corrected chi connectivity index (χ2v) is 6.33. The fourth-order valence-electron chi connectivity index (χ4n) is 2.80. The Bertz CT molecular complexity index is 407. The first-order chi connectivity index (χ1) is 9.60. The van der Waals surface area contributed by atoms with E-state index >= 15 is 0 Å². The van der Waals surface area contributed by atoms with Crippen molar-refractivity contribution >= 4 is 11.6 Å². The minimum Gasteiger partial charge on any atom is -0.493 e. The smallest absolute Gasteiger partial charge is 0.119 e. The monoisotopic (exact) mass is 296 g/mol. The summed E-state index contributed by atoms with van der Waals surface area (Å²) in [5.74, 6) is 1.94. The van der Waals surface area contributed by atoms with Crippen LogP contribution in [0.3, 0.4) is 0 Å². The van der Waals surface area contributed by atoms with Crippen LogP contribution in [-0.2, 0) is 0 Å². The van der Waals surface area contributed by atoms with Crippen molar-refractivity contribution < 1.29 is 4.74 Å². The van der Waals surface area contributed by atoms with Crippen molar-refractivity contribution in [1.29, 1.82) is 0 Å². The summed E-state index contributed by atoms with van der Waals surface area (Å²) in [4.78, 5) is 2.52. The number of rotatable bonds is 6. The molecule has 0 saturated carbocycles. The Hall–Kier alpha value is -0.770. The molecule has 1 heterocycles. The van der Waals surface area contributed by atoms with Gasteiger partial charge in [0.05, 0.1) is 6.61 Å². The Morgan fingerprint density at radius 2 is 2.05 bits per heavy atom. The lowest BCUT2D eigenvalue weighted by atomic mass is 9.92. The zero-order chi connectivity index (χ0) is 14.5. The summed E-state index contributed by atoms with van der Waals surface area (Å²) in [6.07, 6.45) is 1.23. The SMILES string of the molecule is CC(C)N1CCC(C(CN)COc2ccc(Cl)cc2)C1. The van der Waals surface area contributed by atoms with Gasteiger partial charge in [0.1, 0.15) is 5.75 Å². The molecule has 0 bridgehead atoms. The average Bonchev–Trinajstić information content (AvgIpc) is 2.91. The largest absolute Gasteiger partial charge is 0.493 e. The number of benzene rings is 1. The van der Waals surface area contributed by atoms with Crippen molar-refractivity contribution in [3.05, 3.63) is 29.3 Å². The first kappa shape index (κ1) is 15.6. The molecule has 1 aliphatic rings. The van der Waals surface area contributed by atoms with E-state index in [1.807, 2.05) is 24.3 Å². The average molecular weight is 297 g/mol. The molecule has 3 nitrogen and oxygen atoms in total. The van der Waals surface area contributed by atoms with Crippen LogP contribution in [0.5, 0.6) is 5.75 Å². The number of hydrogen-bond acceptors (Lipinski definition) is 3. The van der Waals surface area contributed by atoms with Crippen LogP contribution < -0.4 is 10.5 Å². The number of likely N-dealkylation sites (tertiary alicyclic amines) is 1. The van der Waals surface area contributed by atoms with E-state index in [0.29, 0.717) is 31.0 Å². The highest BCUT2D eigenvalue weighted by Crippen LogP contribution is 2.26. The maximum absolute atomic E-state index is 5.94. The van der Waals surface area contributed by atoms with Gasteiger partial charge in [-0.2, -0.15) is 0 Å². The van der Waals surface area contributed by atoms with Gasteiger partial charge in [-0.1, -0.05) is 11.6 Å². The molecule has 1 saturated heterocycles. The summed E-state index contributed by atoms with van der Waals surface area (Å²) in [6, 6.07) is 8.14. The van der Waals surface area contributed by atoms with Gasteiger partial charge in [0.15, 0.2) is 0 Å². The summed E-state index contributed by atoms with van der Waals surface area (Å²) in [6.45, 7) is 8.20. The van der Waals surface area contributed by atoms with Gasteiger partial charge in [-0.05, 0) is 63.5 Å². The maximum Gasteiger partial charge on any atom is 0.119 e. The highest BCUT2D eigenvalue weighted by Gasteiger charge is 2.30. The van der Waals surface area contributed by atoms with Crippen LogP contribution in [0.15, 0.2) is 24.3 Å². The van der Waals surface area contributed by atoms with Crippen molar-refractivity contribution in [2.45, 2.75) is 26.3 Å². The summed E-state index contributed by atoms with van der Waals surface area (Å²) >= 11 is 5.87. The lowest BCUT2D eigenvalue weighted by Gasteiger charge is -2.24. The van der Waals surface area contributed by atoms with Crippen molar-refractivity contribution in [2.75, 3.05) is 26.2 Å². The van der Waals surface area contributed by atoms with Crippen molar-refractivity contribution in [2.24, 2.45) is 17.6 Å². The molecule has 1 aromatic rings. The van der Waals surface area contributed by atoms with Crippen LogP contribution in [-0.4, -0.2) is 37.2 Å². The maximum atomic E-state index is 5.94. The quantitative estimate of drug-likeness (QED) is 0.877. The number of ether oxygens (including phenoxy) is 1. The predicted octanol–water partition coefficient (Wildman–Crippen LogP) is 3.02. The Morgan fingerprint density at radius 3 is 2.60 bits per heavy atom. The second kappa shape index (κ2) is 7.30. The molecule has 2 rings (SSSR count). The van der Waals surface area contributed by atoms with Gasteiger partial charge in [0, 0.05) is 23.5 Å². The van der Waals surface area contributed by atoms with E-state index in [2.05, 4.69) is 18.7 Å². The Labute approximate surface area is 127 Å². The predicted molar refractivity (Wildman–Crippen MR) is 84.3 cm³/mol. The molecule has 4 heteroatoms. The third kappa shape index (κ3) is 4.11. The summed E-state index contributed by atoms with van der Waals surface area (Å²) in [5, 5.41) is 0.732. The van der Waals surface area contributed by atoms with Gasteiger partial charge in [-0.15, -0.1) is 0 Å². The minimum absolute atomic E-state index is 0.425. The molecule has 1 aliphatic heterocycles. The van der Waals surface area contributed by atoms with E-state index in [-0.39, 0.29) is 0 Å². The second-order valence-electron chi connectivity index (χ2n) is 5.90. The number of nitrogens with two attached hydrogens (primary N) is 1. The van der Waals surface area contributed by atoms with Crippen LogP contribution in [0.1, 0.15) is 20.3 Å². The molecule has 0 spiro atoms. The van der Waals surface area contributed by atoms with Crippen molar-refractivity contribution in [1.82, 2.24) is 4.90 Å². The van der Waals surface area contributed by atoms with E-state index in [9.17, 15) is 0 Å². The minimum atomic E-state index is 0.425. The standard InChI is InChI=1S/C16H25ClN2O/c1-12(2)19-8-7-13(10-19)14(9-18)11-20-16-5-3-15(17)4-6-16/h3-6,12-14H,7-11,18H2,1-2H3. The van der Waals surface area contributed by atoms with Crippen molar-refractivity contribution in [3.8, 4) is 5.75 Å². The fourth-order valence-corrected chi connectivity index (χ4v) is 2.93. The van der Waals surface area contributed by atoms with Gasteiger partial charge in [0.2, 0.25) is 0 Å². The van der Waals surface area contributed by atoms with Crippen LogP contribution in [0, 0.1) is 11.8 Å². The number of nitrogens with zero attached hydrogens (tertiary/aromatic N) is 1. The molecule has 2 N–H and O–H groups in total. The topological polar surface area (TPSA) is 38.5 Å². The zero-order valence-electron chi connectivity index (χ0n) is 12.4. The first-order valence-corrected chi connectivity index (χ1v) is 7.80. The molecular formula is C16H25ClN2O. The Morgan fingerprint density at radius 1 is 1.35 bits per heavy atom. The molecule has 1 aromatic carbocycles. The first-order valence-electron chi connectivity index (χ1n) is 7.42. The highest BCUT2D eigenvalue weighted by molar-refractivity contribution is 6.30. The van der Waals surface area contributed by atoms with Gasteiger partial charge < -0.3 is 15.4 Å². The van der Waals surface area contributed by atoms with E-state index in [4.69, 9.17) is 22.1 Å². The summed E-state index contributed by atoms with van der Waals surface area (Å²) < 4.78 is 5.86. The summed E-state index contributed by atoms with van der Waals surface area (Å²) in [5.41, 5.74) is 5.94. The molecule has 0 radical (unpaired) electrons. The van der Waals surface area contributed by atoms with Gasteiger partial charge >= 0.3 is 0 Å². The Kier molecular flexibility index (Phi) is 5.70. The lowest BCUT2D eigenvalue weighted by Crippen LogP contribution is -2.33.